The number of benzene rings is 1. The van der Waals surface area contributed by atoms with E-state index in [4.69, 9.17) is 5.11 Å². The van der Waals surface area contributed by atoms with Crippen LogP contribution in [0.4, 0.5) is 4.39 Å². The van der Waals surface area contributed by atoms with Crippen molar-refractivity contribution in [2.75, 3.05) is 0 Å². The maximum Gasteiger partial charge on any atom is 0.307 e. The molecule has 0 heterocycles. The number of hydrogen-bond donors (Lipinski definition) is 1. The smallest absolute Gasteiger partial charge is 0.307 e. The van der Waals surface area contributed by atoms with Gasteiger partial charge in [-0.05, 0) is 18.1 Å². The molecule has 1 aliphatic carbocycles. The first-order valence-corrected chi connectivity index (χ1v) is 4.53. The van der Waals surface area contributed by atoms with Gasteiger partial charge in [-0.1, -0.05) is 25.1 Å². The molecule has 2 rings (SSSR count). The molecule has 14 heavy (non-hydrogen) atoms. The Labute approximate surface area is 81.4 Å². The molecule has 1 fully saturated rings. The lowest BCUT2D eigenvalue weighted by Gasteiger charge is -2.10. The lowest BCUT2D eigenvalue weighted by Crippen LogP contribution is -2.12. The van der Waals surface area contributed by atoms with E-state index in [1.807, 2.05) is 0 Å². The third-order valence-electron chi connectivity index (χ3n) is 3.02. The van der Waals surface area contributed by atoms with Gasteiger partial charge < -0.3 is 5.11 Å². The predicted octanol–water partition coefficient (Wildman–Crippen LogP) is 2.19. The van der Waals surface area contributed by atoms with Gasteiger partial charge in [0, 0.05) is 5.41 Å². The van der Waals surface area contributed by atoms with Crippen LogP contribution in [-0.2, 0) is 10.2 Å². The number of rotatable bonds is 2. The zero-order valence-electron chi connectivity index (χ0n) is 7.83. The molecule has 0 aliphatic heterocycles. The first-order valence-electron chi connectivity index (χ1n) is 4.53. The average Bonchev–Trinajstić information content (AvgIpc) is 2.80. The third-order valence-corrected chi connectivity index (χ3v) is 3.02. The van der Waals surface area contributed by atoms with Crippen LogP contribution in [-0.4, -0.2) is 11.1 Å². The summed E-state index contributed by atoms with van der Waals surface area (Å²) in [5, 5.41) is 8.82. The van der Waals surface area contributed by atoms with Gasteiger partial charge in [-0.25, -0.2) is 4.39 Å². The average molecular weight is 194 g/mol. The number of halogens is 1. The summed E-state index contributed by atoms with van der Waals surface area (Å²) in [6.45, 7) is 1.80. The Hall–Kier alpha value is -1.38. The Morgan fingerprint density at radius 1 is 1.57 bits per heavy atom. The van der Waals surface area contributed by atoms with Gasteiger partial charge in [0.05, 0.1) is 5.92 Å². The minimum atomic E-state index is -0.837. The molecule has 1 N–H and O–H groups in total. The quantitative estimate of drug-likeness (QED) is 0.783. The summed E-state index contributed by atoms with van der Waals surface area (Å²) in [6.07, 6.45) is 0.531. The maximum atomic E-state index is 13.4. The number of carboxylic acids is 1. The second-order valence-electron chi connectivity index (χ2n) is 3.99. The number of aliphatic carboxylic acids is 1. The molecule has 1 aromatic carbocycles. The minimum Gasteiger partial charge on any atom is -0.481 e. The van der Waals surface area contributed by atoms with Crippen molar-refractivity contribution in [3.63, 3.8) is 0 Å². The van der Waals surface area contributed by atoms with Crippen molar-refractivity contribution >= 4 is 5.97 Å². The first-order chi connectivity index (χ1) is 6.55. The van der Waals surface area contributed by atoms with E-state index in [1.54, 1.807) is 25.1 Å². The Bertz CT molecular complexity index is 389. The van der Waals surface area contributed by atoms with Crippen LogP contribution >= 0.6 is 0 Å². The summed E-state index contributed by atoms with van der Waals surface area (Å²) in [7, 11) is 0. The molecule has 2 atom stereocenters. The highest BCUT2D eigenvalue weighted by Crippen LogP contribution is 2.54. The van der Waals surface area contributed by atoms with Crippen LogP contribution in [0.3, 0.4) is 0 Å². The van der Waals surface area contributed by atoms with Gasteiger partial charge in [-0.15, -0.1) is 0 Å². The van der Waals surface area contributed by atoms with Crippen LogP contribution in [0.2, 0.25) is 0 Å². The van der Waals surface area contributed by atoms with E-state index in [0.29, 0.717) is 12.0 Å². The molecule has 0 unspecified atom stereocenters. The molecule has 0 bridgehead atoms. The number of carboxylic acid groups (broad SMARTS) is 1. The van der Waals surface area contributed by atoms with Crippen LogP contribution in [0.1, 0.15) is 18.9 Å². The molecular formula is C11H11FO2. The highest BCUT2D eigenvalue weighted by atomic mass is 19.1. The van der Waals surface area contributed by atoms with Crippen molar-refractivity contribution in [3.05, 3.63) is 35.6 Å². The Kier molecular flexibility index (Phi) is 1.84. The van der Waals surface area contributed by atoms with Gasteiger partial charge in [0.15, 0.2) is 0 Å². The third kappa shape index (κ3) is 1.20. The fourth-order valence-corrected chi connectivity index (χ4v) is 1.95. The highest BCUT2D eigenvalue weighted by Gasteiger charge is 2.56. The standard InChI is InChI=1S/C11H11FO2/c1-11(6-8(11)10(13)14)7-4-2-3-5-9(7)12/h2-5,8H,6H2,1H3,(H,13,14)/t8-,11-/m0/s1. The van der Waals surface area contributed by atoms with E-state index in [-0.39, 0.29) is 5.82 Å². The Morgan fingerprint density at radius 3 is 2.71 bits per heavy atom. The monoisotopic (exact) mass is 194 g/mol. The minimum absolute atomic E-state index is 0.307. The van der Waals surface area contributed by atoms with Crippen LogP contribution in [0, 0.1) is 11.7 Å². The molecule has 1 saturated carbocycles. The van der Waals surface area contributed by atoms with E-state index in [9.17, 15) is 9.18 Å². The van der Waals surface area contributed by atoms with Crippen molar-refractivity contribution in [2.24, 2.45) is 5.92 Å². The normalized spacial score (nSPS) is 30.0. The van der Waals surface area contributed by atoms with Crippen molar-refractivity contribution in [1.82, 2.24) is 0 Å². The Balaban J connectivity index is 2.34. The molecule has 0 amide bonds. The zero-order chi connectivity index (χ0) is 10.3. The lowest BCUT2D eigenvalue weighted by atomic mass is 9.95. The van der Waals surface area contributed by atoms with Gasteiger partial charge in [0.1, 0.15) is 5.82 Å². The summed E-state index contributed by atoms with van der Waals surface area (Å²) in [5.74, 6) is -1.58. The molecule has 1 aliphatic rings. The largest absolute Gasteiger partial charge is 0.481 e. The molecule has 0 spiro atoms. The summed E-state index contributed by atoms with van der Waals surface area (Å²) in [6, 6.07) is 6.39. The van der Waals surface area contributed by atoms with Crippen molar-refractivity contribution < 1.29 is 14.3 Å². The second kappa shape index (κ2) is 2.80. The van der Waals surface area contributed by atoms with Crippen LogP contribution in [0.15, 0.2) is 24.3 Å². The van der Waals surface area contributed by atoms with E-state index in [0.717, 1.165) is 0 Å². The van der Waals surface area contributed by atoms with E-state index >= 15 is 0 Å². The number of hydrogen-bond acceptors (Lipinski definition) is 1. The van der Waals surface area contributed by atoms with Gasteiger partial charge in [0.2, 0.25) is 0 Å². The van der Waals surface area contributed by atoms with Crippen molar-refractivity contribution in [2.45, 2.75) is 18.8 Å². The molecule has 0 aromatic heterocycles. The van der Waals surface area contributed by atoms with Gasteiger partial charge in [-0.3, -0.25) is 4.79 Å². The molecule has 0 saturated heterocycles. The fraction of sp³-hybridized carbons (Fsp3) is 0.364. The molecule has 3 heteroatoms. The fourth-order valence-electron chi connectivity index (χ4n) is 1.95. The second-order valence-corrected chi connectivity index (χ2v) is 3.99. The molecule has 1 aromatic rings. The molecular weight excluding hydrogens is 183 g/mol. The van der Waals surface area contributed by atoms with Crippen LogP contribution in [0.25, 0.3) is 0 Å². The summed E-state index contributed by atoms with van der Waals surface area (Å²) in [4.78, 5) is 10.7. The van der Waals surface area contributed by atoms with E-state index in [2.05, 4.69) is 0 Å². The molecule has 0 radical (unpaired) electrons. The predicted molar refractivity (Wildman–Crippen MR) is 49.5 cm³/mol. The van der Waals surface area contributed by atoms with Crippen molar-refractivity contribution in [3.8, 4) is 0 Å². The van der Waals surface area contributed by atoms with Gasteiger partial charge in [-0.2, -0.15) is 0 Å². The summed E-state index contributed by atoms with van der Waals surface area (Å²) < 4.78 is 13.4. The lowest BCUT2D eigenvalue weighted by molar-refractivity contribution is -0.138. The zero-order valence-corrected chi connectivity index (χ0v) is 7.83. The van der Waals surface area contributed by atoms with Crippen LogP contribution in [0.5, 0.6) is 0 Å². The summed E-state index contributed by atoms with van der Waals surface area (Å²) in [5.41, 5.74) is 0.0179. The molecule has 2 nitrogen and oxygen atoms in total. The van der Waals surface area contributed by atoms with Crippen LogP contribution < -0.4 is 0 Å². The van der Waals surface area contributed by atoms with E-state index in [1.165, 1.54) is 6.07 Å². The highest BCUT2D eigenvalue weighted by molar-refractivity contribution is 5.77. The van der Waals surface area contributed by atoms with Crippen molar-refractivity contribution in [1.29, 1.82) is 0 Å². The first kappa shape index (κ1) is 9.19. The maximum absolute atomic E-state index is 13.4. The van der Waals surface area contributed by atoms with E-state index < -0.39 is 17.3 Å². The topological polar surface area (TPSA) is 37.3 Å². The van der Waals surface area contributed by atoms with Gasteiger partial charge in [0.25, 0.3) is 0 Å². The number of carbonyl (C=O) groups is 1. The molecule has 74 valence electrons. The van der Waals surface area contributed by atoms with Gasteiger partial charge >= 0.3 is 5.97 Å². The SMILES string of the molecule is C[C@@]1(c2ccccc2F)C[C@H]1C(=O)O. The Morgan fingerprint density at radius 2 is 2.21 bits per heavy atom. The summed E-state index contributed by atoms with van der Waals surface area (Å²) >= 11 is 0.